The Balaban J connectivity index is 5.03. The Hall–Kier alpha value is -2.36. The molecule has 0 spiro atoms. The van der Waals surface area contributed by atoms with Crippen LogP contribution in [0.5, 0.6) is 0 Å². The van der Waals surface area contributed by atoms with Crippen LogP contribution < -0.4 is 0 Å². The number of hydrogen-bond acceptors (Lipinski definition) is 9. The van der Waals surface area contributed by atoms with Crippen LogP contribution in [0, 0.1) is 0 Å². The van der Waals surface area contributed by atoms with Gasteiger partial charge in [-0.2, -0.15) is 0 Å². The van der Waals surface area contributed by atoms with Gasteiger partial charge in [0.05, 0.1) is 6.61 Å². The molecule has 0 aliphatic heterocycles. The van der Waals surface area contributed by atoms with Crippen molar-refractivity contribution in [3.8, 4) is 0 Å². The Bertz CT molecular complexity index is 1040. The molecule has 0 aromatic carbocycles. The molecular weight excluding hydrogens is 829 g/mol. The second-order valence-electron chi connectivity index (χ2n) is 19.7. The van der Waals surface area contributed by atoms with Crippen LogP contribution in [0.15, 0.2) is 0 Å². The van der Waals surface area contributed by atoms with Gasteiger partial charge in [-0.15, -0.1) is 0 Å². The highest BCUT2D eigenvalue weighted by atomic mass is 16.6. The van der Waals surface area contributed by atoms with E-state index in [1.165, 1.54) is 81.9 Å². The van der Waals surface area contributed by atoms with E-state index in [0.717, 1.165) is 161 Å². The lowest BCUT2D eigenvalue weighted by atomic mass is 10.0. The number of ether oxygens (including phenoxy) is 4. The van der Waals surface area contributed by atoms with Gasteiger partial charge in [-0.05, 0) is 123 Å². The average molecular weight is 937 g/mol. The van der Waals surface area contributed by atoms with Gasteiger partial charge in [0, 0.05) is 19.4 Å². The lowest BCUT2D eigenvalue weighted by Gasteiger charge is -2.26. The second-order valence-corrected chi connectivity index (χ2v) is 19.7. The number of unbranched alkanes of at least 4 members (excludes halogenated alkanes) is 22. The summed E-state index contributed by atoms with van der Waals surface area (Å²) >= 11 is 0. The lowest BCUT2D eigenvalue weighted by Crippen LogP contribution is -2.40. The third-order valence-corrected chi connectivity index (χ3v) is 12.8. The van der Waals surface area contributed by atoms with E-state index >= 15 is 0 Å². The average Bonchev–Trinajstić information content (AvgIpc) is 3.29. The molecule has 66 heavy (non-hydrogen) atoms. The number of amides is 1. The lowest BCUT2D eigenvalue weighted by molar-refractivity contribution is -0.151. The van der Waals surface area contributed by atoms with Crippen LogP contribution in [0.3, 0.4) is 0 Å². The molecule has 0 rings (SSSR count). The van der Waals surface area contributed by atoms with E-state index in [4.69, 9.17) is 18.9 Å². The summed E-state index contributed by atoms with van der Waals surface area (Å²) in [5, 5.41) is 0. The van der Waals surface area contributed by atoms with Crippen LogP contribution in [0.4, 0.5) is 4.79 Å². The van der Waals surface area contributed by atoms with Gasteiger partial charge in [0.2, 0.25) is 0 Å². The van der Waals surface area contributed by atoms with Gasteiger partial charge in [-0.3, -0.25) is 19.3 Å². The molecule has 10 nitrogen and oxygen atoms in total. The molecule has 0 N–H and O–H groups in total. The van der Waals surface area contributed by atoms with Crippen molar-refractivity contribution in [2.24, 2.45) is 0 Å². The Morgan fingerprint density at radius 1 is 0.364 bits per heavy atom. The van der Waals surface area contributed by atoms with Crippen molar-refractivity contribution in [3.05, 3.63) is 0 Å². The van der Waals surface area contributed by atoms with Crippen molar-refractivity contribution < 1.29 is 38.1 Å². The van der Waals surface area contributed by atoms with Crippen LogP contribution in [0.1, 0.15) is 279 Å². The smallest absolute Gasteiger partial charge is 0.410 e. The fraction of sp³-hybridized carbons (Fsp3) is 0.929. The van der Waals surface area contributed by atoms with E-state index in [0.29, 0.717) is 26.0 Å². The maximum atomic E-state index is 13.6. The standard InChI is InChI=1S/C56H108N2O8/c1-8-13-17-29-38-50(39-30-18-14-9-2)64-53(59)44-35-27-23-21-25-33-42-52(66-56(62)58(47-37-46-57(6)7)49-55(61)63-48-12-5)43-34-26-22-24-28-36-45-54(60)65-51(40-31-19-15-10-3)41-32-20-16-11-4/h50-52H,8-49H2,1-7H3. The maximum absolute atomic E-state index is 13.6. The Morgan fingerprint density at radius 3 is 1.05 bits per heavy atom. The topological polar surface area (TPSA) is 112 Å². The molecule has 0 aliphatic rings. The molecule has 0 aromatic heterocycles. The van der Waals surface area contributed by atoms with Crippen LogP contribution >= 0.6 is 0 Å². The van der Waals surface area contributed by atoms with Gasteiger partial charge in [-0.1, -0.05) is 163 Å². The summed E-state index contributed by atoms with van der Waals surface area (Å²) < 4.78 is 23.5. The largest absolute Gasteiger partial charge is 0.464 e. The number of hydrogen-bond donors (Lipinski definition) is 0. The molecule has 0 aliphatic carbocycles. The van der Waals surface area contributed by atoms with E-state index in [1.54, 1.807) is 0 Å². The fourth-order valence-electron chi connectivity index (χ4n) is 8.62. The highest BCUT2D eigenvalue weighted by Crippen LogP contribution is 2.21. The van der Waals surface area contributed by atoms with E-state index in [-0.39, 0.29) is 36.8 Å². The summed E-state index contributed by atoms with van der Waals surface area (Å²) in [5.41, 5.74) is 0. The van der Waals surface area contributed by atoms with E-state index in [1.807, 2.05) is 21.0 Å². The Kier molecular flexibility index (Phi) is 46.0. The molecular formula is C56H108N2O8. The minimum Gasteiger partial charge on any atom is -0.464 e. The van der Waals surface area contributed by atoms with E-state index in [2.05, 4.69) is 32.6 Å². The zero-order valence-corrected chi connectivity index (χ0v) is 44.6. The van der Waals surface area contributed by atoms with Crippen LogP contribution in [-0.2, 0) is 33.3 Å². The van der Waals surface area contributed by atoms with E-state index in [9.17, 15) is 19.2 Å². The summed E-state index contributed by atoms with van der Waals surface area (Å²) in [4.78, 5) is 55.4. The zero-order valence-electron chi connectivity index (χ0n) is 44.6. The summed E-state index contributed by atoms with van der Waals surface area (Å²) in [6.45, 7) is 12.3. The highest BCUT2D eigenvalue weighted by molar-refractivity contribution is 5.78. The first kappa shape index (κ1) is 63.6. The van der Waals surface area contributed by atoms with Crippen LogP contribution in [0.25, 0.3) is 0 Å². The monoisotopic (exact) mass is 937 g/mol. The molecule has 10 heteroatoms. The molecule has 1 amide bonds. The number of rotatable bonds is 49. The van der Waals surface area contributed by atoms with Crippen molar-refractivity contribution in [2.45, 2.75) is 297 Å². The normalized spacial score (nSPS) is 11.6. The molecule has 0 saturated carbocycles. The minimum atomic E-state index is -0.431. The number of carbonyl (C=O) groups excluding carboxylic acids is 4. The summed E-state index contributed by atoms with van der Waals surface area (Å²) in [6, 6.07) is 0. The summed E-state index contributed by atoms with van der Waals surface area (Å²) in [6.07, 6.45) is 38.9. The van der Waals surface area contributed by atoms with Crippen LogP contribution in [-0.4, -0.2) is 92.4 Å². The number of carbonyl (C=O) groups is 4. The highest BCUT2D eigenvalue weighted by Gasteiger charge is 2.23. The quantitative estimate of drug-likeness (QED) is 0.0334. The molecule has 390 valence electrons. The predicted molar refractivity (Wildman–Crippen MR) is 275 cm³/mol. The molecule has 0 unspecified atom stereocenters. The molecule has 0 bridgehead atoms. The van der Waals surface area contributed by atoms with Gasteiger partial charge in [0.15, 0.2) is 0 Å². The van der Waals surface area contributed by atoms with Crippen molar-refractivity contribution >= 4 is 24.0 Å². The van der Waals surface area contributed by atoms with Gasteiger partial charge < -0.3 is 23.8 Å². The Morgan fingerprint density at radius 2 is 0.697 bits per heavy atom. The predicted octanol–water partition coefficient (Wildman–Crippen LogP) is 15.6. The second kappa shape index (κ2) is 47.7. The molecule has 0 atom stereocenters. The first-order valence-corrected chi connectivity index (χ1v) is 28.2. The molecule has 0 aromatic rings. The molecule has 0 fully saturated rings. The third-order valence-electron chi connectivity index (χ3n) is 12.8. The summed E-state index contributed by atoms with van der Waals surface area (Å²) in [5.74, 6) is -0.462. The van der Waals surface area contributed by atoms with Crippen molar-refractivity contribution in [2.75, 3.05) is 40.3 Å². The summed E-state index contributed by atoms with van der Waals surface area (Å²) in [7, 11) is 4.00. The third kappa shape index (κ3) is 41.8. The number of nitrogens with zero attached hydrogens (tertiary/aromatic N) is 2. The van der Waals surface area contributed by atoms with Crippen molar-refractivity contribution in [3.63, 3.8) is 0 Å². The van der Waals surface area contributed by atoms with Crippen molar-refractivity contribution in [1.29, 1.82) is 0 Å². The van der Waals surface area contributed by atoms with Gasteiger partial charge in [0.25, 0.3) is 0 Å². The zero-order chi connectivity index (χ0) is 48.7. The number of esters is 3. The molecule has 0 radical (unpaired) electrons. The van der Waals surface area contributed by atoms with Gasteiger partial charge >= 0.3 is 24.0 Å². The molecule has 0 saturated heterocycles. The SMILES string of the molecule is CCCCCCC(CCCCCC)OC(=O)CCCCCCCCC(CCCCCCCCC(=O)OC(CCCCCC)CCCCCC)OC(=O)N(CCCN(C)C)CC(=O)OCCC. The first-order chi connectivity index (χ1) is 32.1. The van der Waals surface area contributed by atoms with Gasteiger partial charge in [0.1, 0.15) is 24.9 Å². The maximum Gasteiger partial charge on any atom is 0.410 e. The van der Waals surface area contributed by atoms with Gasteiger partial charge in [-0.25, -0.2) is 4.79 Å². The first-order valence-electron chi connectivity index (χ1n) is 28.2. The fourth-order valence-corrected chi connectivity index (χ4v) is 8.62. The van der Waals surface area contributed by atoms with Crippen molar-refractivity contribution in [1.82, 2.24) is 9.80 Å². The minimum absolute atomic E-state index is 0.0324. The van der Waals surface area contributed by atoms with E-state index < -0.39 is 12.1 Å². The van der Waals surface area contributed by atoms with Crippen LogP contribution in [0.2, 0.25) is 0 Å². The Labute approximate surface area is 407 Å². The molecule has 0 heterocycles.